The topological polar surface area (TPSA) is 112 Å². The zero-order valence-corrected chi connectivity index (χ0v) is 29.0. The molecule has 0 saturated carbocycles. The highest BCUT2D eigenvalue weighted by Gasteiger charge is 2.39. The fraction of sp³-hybridized carbons (Fsp3) is 0.562. The molecule has 0 bridgehead atoms. The number of carbonyl (C=O) groups excluding carboxylic acids is 3. The number of aromatic nitrogens is 1. The van der Waals surface area contributed by atoms with Crippen molar-refractivity contribution in [2.24, 2.45) is 11.8 Å². The zero-order valence-electron chi connectivity index (χ0n) is 25.1. The van der Waals surface area contributed by atoms with Gasteiger partial charge in [-0.2, -0.15) is 0 Å². The van der Waals surface area contributed by atoms with Crippen molar-refractivity contribution in [1.29, 1.82) is 0 Å². The summed E-state index contributed by atoms with van der Waals surface area (Å²) >= 11 is 13.9. The maximum absolute atomic E-state index is 13.4. The Morgan fingerprint density at radius 3 is 2.36 bits per heavy atom. The second-order valence-electron chi connectivity index (χ2n) is 12.4. The van der Waals surface area contributed by atoms with Crippen LogP contribution in [0.5, 0.6) is 0 Å². The number of aliphatic hydroxyl groups is 1. The lowest BCUT2D eigenvalue weighted by Gasteiger charge is -2.38. The quantitative estimate of drug-likeness (QED) is 0.379. The normalized spacial score (nSPS) is 20.6. The maximum Gasteiger partial charge on any atom is 0.333 e. The number of halogens is 3. The third-order valence-corrected chi connectivity index (χ3v) is 10.8. The first kappa shape index (κ1) is 33.2. The van der Waals surface area contributed by atoms with Gasteiger partial charge in [0.2, 0.25) is 5.91 Å². The molecule has 1 aromatic heterocycles. The molecule has 0 unspecified atom stereocenters. The Bertz CT molecular complexity index is 1410. The predicted octanol–water partition coefficient (Wildman–Crippen LogP) is 5.46. The van der Waals surface area contributed by atoms with Gasteiger partial charge in [0.15, 0.2) is 5.54 Å². The molecule has 5 rings (SSSR count). The van der Waals surface area contributed by atoms with Crippen molar-refractivity contribution in [3.63, 3.8) is 0 Å². The van der Waals surface area contributed by atoms with Crippen molar-refractivity contribution in [3.05, 3.63) is 60.7 Å². The second kappa shape index (κ2) is 14.1. The summed E-state index contributed by atoms with van der Waals surface area (Å²) in [5.41, 5.74) is 3.42. The fourth-order valence-corrected chi connectivity index (χ4v) is 8.42. The molecule has 1 aromatic carbocycles. The van der Waals surface area contributed by atoms with E-state index in [9.17, 15) is 19.5 Å². The molecule has 2 fully saturated rings. The number of aliphatic hydroxyl groups excluding tert-OH is 1. The number of carbonyl (C=O) groups is 3. The molecule has 3 aliphatic rings. The van der Waals surface area contributed by atoms with Crippen LogP contribution >= 0.6 is 43.5 Å². The van der Waals surface area contributed by atoms with Gasteiger partial charge < -0.3 is 25.0 Å². The molecule has 9 nitrogen and oxygen atoms in total. The average molecular weight is 755 g/mol. The van der Waals surface area contributed by atoms with E-state index in [1.165, 1.54) is 30.7 Å². The third-order valence-electron chi connectivity index (χ3n) is 9.48. The number of ether oxygens (including phenoxy) is 1. The molecule has 0 spiro atoms. The summed E-state index contributed by atoms with van der Waals surface area (Å²) in [4.78, 5) is 46.7. The number of methoxy groups -OCH3 is 1. The summed E-state index contributed by atoms with van der Waals surface area (Å²) in [6.45, 7) is 3.26. The number of aryl methyl sites for hydroxylation is 2. The summed E-state index contributed by atoms with van der Waals surface area (Å²) in [6.07, 6.45) is 7.36. The molecule has 0 radical (unpaired) electrons. The number of hydrogen-bond acceptors (Lipinski definition) is 6. The van der Waals surface area contributed by atoms with E-state index < -0.39 is 24.1 Å². The molecule has 2 aromatic rings. The van der Waals surface area contributed by atoms with Crippen LogP contribution in [0.25, 0.3) is 0 Å². The molecule has 12 heteroatoms. The van der Waals surface area contributed by atoms with E-state index in [1.807, 2.05) is 17.2 Å². The molecular weight excluding hydrogens is 716 g/mol. The lowest BCUT2D eigenvalue weighted by Crippen LogP contribution is -2.59. The Morgan fingerprint density at radius 1 is 1.05 bits per heavy atom. The van der Waals surface area contributed by atoms with Gasteiger partial charge in [0.25, 0.3) is 0 Å². The van der Waals surface area contributed by atoms with Gasteiger partial charge >= 0.3 is 12.0 Å². The van der Waals surface area contributed by atoms with E-state index in [0.29, 0.717) is 51.4 Å². The number of nitrogens with zero attached hydrogens (tertiary/aromatic N) is 3. The number of urea groups is 1. The Balaban J connectivity index is 1.19. The minimum atomic E-state index is -1.50. The number of rotatable bonds is 6. The van der Waals surface area contributed by atoms with Gasteiger partial charge in [-0.25, -0.2) is 9.59 Å². The summed E-state index contributed by atoms with van der Waals surface area (Å²) in [7, 11) is 1.22. The highest BCUT2D eigenvalue weighted by molar-refractivity contribution is 9.10. The van der Waals surface area contributed by atoms with Crippen molar-refractivity contribution in [2.75, 3.05) is 39.9 Å². The number of nitrogens with one attached hydrogen (secondary N) is 1. The lowest BCUT2D eigenvalue weighted by atomic mass is 9.76. The van der Waals surface area contributed by atoms with E-state index in [2.05, 4.69) is 49.3 Å². The van der Waals surface area contributed by atoms with Crippen LogP contribution in [0, 0.1) is 11.8 Å². The van der Waals surface area contributed by atoms with Crippen molar-refractivity contribution in [3.8, 4) is 0 Å². The van der Waals surface area contributed by atoms with Gasteiger partial charge in [-0.15, -0.1) is 0 Å². The van der Waals surface area contributed by atoms with E-state index in [4.69, 9.17) is 21.3 Å². The molecule has 2 aliphatic heterocycles. The number of hydrogen-bond donors (Lipinski definition) is 2. The molecule has 3 heterocycles. The van der Waals surface area contributed by atoms with Gasteiger partial charge in [-0.3, -0.25) is 9.78 Å². The molecule has 3 amide bonds. The number of likely N-dealkylation sites (tertiary alicyclic amines) is 2. The number of benzene rings is 1. The number of piperidine rings is 2. The minimum absolute atomic E-state index is 0.127. The van der Waals surface area contributed by atoms with Gasteiger partial charge in [0, 0.05) is 58.7 Å². The lowest BCUT2D eigenvalue weighted by molar-refractivity contribution is -0.149. The van der Waals surface area contributed by atoms with Crippen molar-refractivity contribution in [2.45, 2.75) is 63.3 Å². The number of amides is 3. The van der Waals surface area contributed by atoms with E-state index in [1.54, 1.807) is 4.90 Å². The maximum atomic E-state index is 13.4. The molecular formula is C32H39Br2ClN4O5. The Morgan fingerprint density at radius 2 is 1.70 bits per heavy atom. The van der Waals surface area contributed by atoms with Crippen LogP contribution in [0.2, 0.25) is 5.02 Å². The Labute approximate surface area is 280 Å². The zero-order chi connectivity index (χ0) is 31.6. The largest absolute Gasteiger partial charge is 0.467 e. The number of esters is 1. The van der Waals surface area contributed by atoms with Crippen molar-refractivity contribution < 1.29 is 24.2 Å². The standard InChI is InChI=1S/C32H39Br2ClN4O5/c1-32(18-40,30(42)44-2)37-31(43)39-9-5-19(6-10-39)13-26(41)38-11-7-20(8-12-38)28-27-21(15-24(35)16-25(27)34)3-4-22-14-23(33)17-36-29(22)28/h14-17,19-20,28,40H,3-13,18H2,1-2H3,(H,37,43)/t28-,32+/m1/s1. The minimum Gasteiger partial charge on any atom is -0.467 e. The predicted molar refractivity (Wildman–Crippen MR) is 175 cm³/mol. The summed E-state index contributed by atoms with van der Waals surface area (Å²) in [6, 6.07) is 5.84. The molecule has 238 valence electrons. The highest BCUT2D eigenvalue weighted by atomic mass is 79.9. The highest BCUT2D eigenvalue weighted by Crippen LogP contribution is 2.46. The van der Waals surface area contributed by atoms with Crippen LogP contribution in [-0.2, 0) is 27.2 Å². The molecule has 1 aliphatic carbocycles. The van der Waals surface area contributed by atoms with Gasteiger partial charge in [-0.1, -0.05) is 27.5 Å². The fourth-order valence-electron chi connectivity index (χ4n) is 6.92. The molecule has 2 N–H and O–H groups in total. The first-order valence-corrected chi connectivity index (χ1v) is 17.2. The monoisotopic (exact) mass is 752 g/mol. The summed E-state index contributed by atoms with van der Waals surface area (Å²) < 4.78 is 6.72. The van der Waals surface area contributed by atoms with E-state index in [0.717, 1.165) is 45.3 Å². The summed E-state index contributed by atoms with van der Waals surface area (Å²) in [5, 5.41) is 13.0. The molecule has 2 atom stereocenters. The molecule has 2 saturated heterocycles. The second-order valence-corrected chi connectivity index (χ2v) is 14.6. The SMILES string of the molecule is COC(=O)[C@](C)(CO)NC(=O)N1CCC(CC(=O)N2CCC([C@H]3c4ncc(Br)cc4CCc4cc(Cl)cc(Br)c43)CC2)CC1. The Hall–Kier alpha value is -2.21. The van der Waals surface area contributed by atoms with Crippen LogP contribution < -0.4 is 5.32 Å². The van der Waals surface area contributed by atoms with Crippen LogP contribution in [0.15, 0.2) is 33.3 Å². The number of fused-ring (bicyclic) bond motifs is 2. The van der Waals surface area contributed by atoms with Crippen LogP contribution in [0.1, 0.15) is 67.3 Å². The summed E-state index contributed by atoms with van der Waals surface area (Å²) in [5.74, 6) is 0.130. The molecule has 44 heavy (non-hydrogen) atoms. The van der Waals surface area contributed by atoms with Crippen LogP contribution in [-0.4, -0.2) is 83.2 Å². The third kappa shape index (κ3) is 7.11. The first-order valence-electron chi connectivity index (χ1n) is 15.2. The van der Waals surface area contributed by atoms with Gasteiger partial charge in [-0.05, 0) is 108 Å². The van der Waals surface area contributed by atoms with Crippen molar-refractivity contribution in [1.82, 2.24) is 20.1 Å². The van der Waals surface area contributed by atoms with E-state index in [-0.39, 0.29) is 17.7 Å². The first-order chi connectivity index (χ1) is 21.0. The van der Waals surface area contributed by atoms with Gasteiger partial charge in [0.05, 0.1) is 19.4 Å². The van der Waals surface area contributed by atoms with Crippen LogP contribution in [0.3, 0.4) is 0 Å². The average Bonchev–Trinajstić information content (AvgIpc) is 3.17. The Kier molecular flexibility index (Phi) is 10.6. The number of pyridine rings is 1. The smallest absolute Gasteiger partial charge is 0.333 e. The van der Waals surface area contributed by atoms with Crippen molar-refractivity contribution >= 4 is 61.4 Å². The van der Waals surface area contributed by atoms with Gasteiger partial charge in [0.1, 0.15) is 0 Å². The van der Waals surface area contributed by atoms with E-state index >= 15 is 0 Å². The van der Waals surface area contributed by atoms with Crippen LogP contribution in [0.4, 0.5) is 4.79 Å².